The summed E-state index contributed by atoms with van der Waals surface area (Å²) in [5.41, 5.74) is 2.94. The van der Waals surface area contributed by atoms with E-state index in [1.54, 1.807) is 0 Å². The van der Waals surface area contributed by atoms with Crippen molar-refractivity contribution in [2.45, 2.75) is 83.7 Å². The highest BCUT2D eigenvalue weighted by atomic mass is 19.1. The van der Waals surface area contributed by atoms with Crippen molar-refractivity contribution >= 4 is 0 Å². The number of halogens is 1. The van der Waals surface area contributed by atoms with Crippen LogP contribution in [-0.2, 0) is 18.4 Å². The van der Waals surface area contributed by atoms with Crippen LogP contribution in [0.2, 0.25) is 0 Å². The molecule has 1 aromatic carbocycles. The summed E-state index contributed by atoms with van der Waals surface area (Å²) in [6.07, 6.45) is 11.8. The minimum absolute atomic E-state index is 0.143. The second-order valence-electron chi connectivity index (χ2n) is 7.82. The molecule has 24 heavy (non-hydrogen) atoms. The topological polar surface area (TPSA) is 20.2 Å². The zero-order chi connectivity index (χ0) is 17.2. The summed E-state index contributed by atoms with van der Waals surface area (Å²) in [5, 5.41) is 11.1. The molecule has 0 aliphatic heterocycles. The van der Waals surface area contributed by atoms with Gasteiger partial charge in [0.15, 0.2) is 0 Å². The van der Waals surface area contributed by atoms with Crippen LogP contribution in [0.4, 0.5) is 4.39 Å². The van der Waals surface area contributed by atoms with Crippen molar-refractivity contribution in [3.63, 3.8) is 0 Å². The fourth-order valence-electron chi connectivity index (χ4n) is 4.60. The van der Waals surface area contributed by atoms with Gasteiger partial charge in [0.1, 0.15) is 5.82 Å². The van der Waals surface area contributed by atoms with E-state index >= 15 is 4.39 Å². The summed E-state index contributed by atoms with van der Waals surface area (Å²) in [7, 11) is 0. The number of hydrogen-bond acceptors (Lipinski definition) is 1. The van der Waals surface area contributed by atoms with Crippen LogP contribution < -0.4 is 0 Å². The average Bonchev–Trinajstić information content (AvgIpc) is 2.58. The SMILES string of the molecule is CCCC1=CCc2c(ccc(C3(O)CCC(CCC)CC3)c2F)C1. The predicted octanol–water partition coefficient (Wildman–Crippen LogP) is 5.83. The van der Waals surface area contributed by atoms with Gasteiger partial charge < -0.3 is 5.11 Å². The average molecular weight is 330 g/mol. The molecule has 2 aliphatic carbocycles. The zero-order valence-electron chi connectivity index (χ0n) is 15.2. The molecule has 1 nitrogen and oxygen atoms in total. The van der Waals surface area contributed by atoms with Crippen molar-refractivity contribution in [1.29, 1.82) is 0 Å². The van der Waals surface area contributed by atoms with Crippen molar-refractivity contribution in [2.75, 3.05) is 0 Å². The van der Waals surface area contributed by atoms with Crippen LogP contribution in [0.5, 0.6) is 0 Å². The van der Waals surface area contributed by atoms with Crippen molar-refractivity contribution < 1.29 is 9.50 Å². The molecule has 0 aromatic heterocycles. The van der Waals surface area contributed by atoms with Gasteiger partial charge in [0.25, 0.3) is 0 Å². The van der Waals surface area contributed by atoms with Gasteiger partial charge in [-0.1, -0.05) is 56.9 Å². The lowest BCUT2D eigenvalue weighted by atomic mass is 9.73. The summed E-state index contributed by atoms with van der Waals surface area (Å²) in [4.78, 5) is 0. The highest BCUT2D eigenvalue weighted by Gasteiger charge is 2.37. The first-order chi connectivity index (χ1) is 11.6. The minimum atomic E-state index is -0.962. The Hall–Kier alpha value is -1.15. The van der Waals surface area contributed by atoms with Gasteiger partial charge >= 0.3 is 0 Å². The van der Waals surface area contributed by atoms with Crippen LogP contribution in [-0.4, -0.2) is 5.11 Å². The smallest absolute Gasteiger partial charge is 0.133 e. The monoisotopic (exact) mass is 330 g/mol. The minimum Gasteiger partial charge on any atom is -0.385 e. The molecule has 1 N–H and O–H groups in total. The quantitative estimate of drug-likeness (QED) is 0.674. The molecule has 0 unspecified atom stereocenters. The summed E-state index contributed by atoms with van der Waals surface area (Å²) in [6, 6.07) is 3.93. The van der Waals surface area contributed by atoms with Gasteiger partial charge in [-0.3, -0.25) is 0 Å². The van der Waals surface area contributed by atoms with Crippen LogP contribution in [0.3, 0.4) is 0 Å². The number of aliphatic hydroxyl groups is 1. The van der Waals surface area contributed by atoms with E-state index in [-0.39, 0.29) is 5.82 Å². The molecule has 0 radical (unpaired) electrons. The third-order valence-electron chi connectivity index (χ3n) is 6.05. The molecular formula is C22H31FO. The molecule has 0 spiro atoms. The Bertz CT molecular complexity index is 609. The van der Waals surface area contributed by atoms with Gasteiger partial charge in [-0.2, -0.15) is 0 Å². The second kappa shape index (κ2) is 7.39. The number of hydrogen-bond donors (Lipinski definition) is 1. The van der Waals surface area contributed by atoms with Gasteiger partial charge in [0.05, 0.1) is 5.60 Å². The van der Waals surface area contributed by atoms with E-state index in [1.165, 1.54) is 18.4 Å². The van der Waals surface area contributed by atoms with E-state index in [4.69, 9.17) is 0 Å². The van der Waals surface area contributed by atoms with Gasteiger partial charge in [-0.25, -0.2) is 4.39 Å². The Morgan fingerprint density at radius 1 is 1.17 bits per heavy atom. The first-order valence-electron chi connectivity index (χ1n) is 9.78. The Kier molecular flexibility index (Phi) is 5.44. The van der Waals surface area contributed by atoms with E-state index in [1.807, 2.05) is 6.07 Å². The first-order valence-corrected chi connectivity index (χ1v) is 9.78. The Labute approximate surface area is 146 Å². The van der Waals surface area contributed by atoms with Crippen molar-refractivity contribution in [1.82, 2.24) is 0 Å². The fraction of sp³-hybridized carbons (Fsp3) is 0.636. The number of fused-ring (bicyclic) bond motifs is 1. The van der Waals surface area contributed by atoms with Crippen LogP contribution in [0.1, 0.15) is 81.9 Å². The molecule has 0 bridgehead atoms. The molecular weight excluding hydrogens is 299 g/mol. The van der Waals surface area contributed by atoms with E-state index in [0.29, 0.717) is 30.7 Å². The summed E-state index contributed by atoms with van der Waals surface area (Å²) in [6.45, 7) is 4.40. The van der Waals surface area contributed by atoms with Crippen LogP contribution in [0.15, 0.2) is 23.8 Å². The van der Waals surface area contributed by atoms with E-state index < -0.39 is 5.60 Å². The van der Waals surface area contributed by atoms with E-state index in [0.717, 1.165) is 43.2 Å². The summed E-state index contributed by atoms with van der Waals surface area (Å²) in [5.74, 6) is 0.561. The molecule has 0 amide bonds. The van der Waals surface area contributed by atoms with Crippen molar-refractivity contribution in [3.05, 3.63) is 46.3 Å². The number of benzene rings is 1. The third kappa shape index (κ3) is 3.44. The predicted molar refractivity (Wildman–Crippen MR) is 97.6 cm³/mol. The molecule has 1 aromatic rings. The number of rotatable bonds is 5. The van der Waals surface area contributed by atoms with E-state index in [2.05, 4.69) is 26.0 Å². The van der Waals surface area contributed by atoms with Crippen LogP contribution >= 0.6 is 0 Å². The van der Waals surface area contributed by atoms with Crippen molar-refractivity contribution in [2.24, 2.45) is 5.92 Å². The van der Waals surface area contributed by atoms with Crippen LogP contribution in [0, 0.1) is 11.7 Å². The largest absolute Gasteiger partial charge is 0.385 e. The number of allylic oxidation sites excluding steroid dienone is 2. The normalized spacial score (nSPS) is 26.8. The molecule has 2 aliphatic rings. The maximum absolute atomic E-state index is 15.2. The maximum atomic E-state index is 15.2. The highest BCUT2D eigenvalue weighted by Crippen LogP contribution is 2.43. The molecule has 1 fully saturated rings. The fourth-order valence-corrected chi connectivity index (χ4v) is 4.60. The highest BCUT2D eigenvalue weighted by molar-refractivity contribution is 5.43. The molecule has 132 valence electrons. The molecule has 3 rings (SSSR count). The van der Waals surface area contributed by atoms with Gasteiger partial charge in [-0.15, -0.1) is 0 Å². The standard InChI is InChI=1S/C22H31FO/c1-3-5-16-11-13-22(24,14-12-16)20-10-8-18-15-17(6-4-2)7-9-19(18)21(20)23/h7-8,10,16,24H,3-6,9,11-15H2,1-2H3. The second-order valence-corrected chi connectivity index (χ2v) is 7.82. The van der Waals surface area contributed by atoms with Gasteiger partial charge in [-0.05, 0) is 62.0 Å². The van der Waals surface area contributed by atoms with Crippen molar-refractivity contribution in [3.8, 4) is 0 Å². The Morgan fingerprint density at radius 2 is 1.92 bits per heavy atom. The molecule has 0 atom stereocenters. The summed E-state index contributed by atoms with van der Waals surface area (Å²) >= 11 is 0. The first kappa shape index (κ1) is 17.7. The lowest BCUT2D eigenvalue weighted by Gasteiger charge is -2.37. The Balaban J connectivity index is 1.80. The van der Waals surface area contributed by atoms with Gasteiger partial charge in [0.2, 0.25) is 0 Å². The van der Waals surface area contributed by atoms with E-state index in [9.17, 15) is 5.11 Å². The molecule has 2 heteroatoms. The third-order valence-corrected chi connectivity index (χ3v) is 6.05. The lowest BCUT2D eigenvalue weighted by molar-refractivity contribution is -0.0182. The maximum Gasteiger partial charge on any atom is 0.133 e. The molecule has 0 saturated heterocycles. The van der Waals surface area contributed by atoms with Crippen LogP contribution in [0.25, 0.3) is 0 Å². The molecule has 1 saturated carbocycles. The lowest BCUT2D eigenvalue weighted by Crippen LogP contribution is -2.33. The summed E-state index contributed by atoms with van der Waals surface area (Å²) < 4.78 is 15.2. The zero-order valence-corrected chi connectivity index (χ0v) is 15.2. The molecule has 0 heterocycles. The Morgan fingerprint density at radius 3 is 2.58 bits per heavy atom. The van der Waals surface area contributed by atoms with Gasteiger partial charge in [0, 0.05) is 5.56 Å².